The Hall–Kier alpha value is -3.42. The van der Waals surface area contributed by atoms with Crippen LogP contribution in [-0.4, -0.2) is 50.2 Å². The standard InChI is InChI=1S/C45H54F2N4/c1-51(27-36-13-5-6-18-40(36)46)31-45(21-10-22-45)30-50-42-25-39(42)34-15-7-14-33(23-34)37-17-8-16-35(43(37)47)26-48-28-44(19-9-20-44)29-49-41-24-38(41)32-11-3-2-4-12-32/h2-8,11-18,23,38-39,41-42,48-50H,9-10,19-22,24-31H2,1H3/t38-,39-,41+,42+/m1/s1. The maximum absolute atomic E-state index is 16.0. The molecule has 4 fully saturated rings. The van der Waals surface area contributed by atoms with Crippen LogP contribution in [0, 0.1) is 22.5 Å². The molecule has 268 valence electrons. The molecule has 51 heavy (non-hydrogen) atoms. The Labute approximate surface area is 303 Å². The van der Waals surface area contributed by atoms with Crippen molar-refractivity contribution < 1.29 is 8.78 Å². The van der Waals surface area contributed by atoms with Crippen molar-refractivity contribution in [3.8, 4) is 11.1 Å². The molecule has 8 rings (SSSR count). The van der Waals surface area contributed by atoms with Gasteiger partial charge in [-0.25, -0.2) is 8.78 Å². The molecule has 4 aromatic carbocycles. The van der Waals surface area contributed by atoms with Gasteiger partial charge in [-0.3, -0.25) is 0 Å². The second-order valence-electron chi connectivity index (χ2n) is 16.5. The van der Waals surface area contributed by atoms with Crippen LogP contribution in [0.25, 0.3) is 11.1 Å². The van der Waals surface area contributed by atoms with Crippen LogP contribution in [0.1, 0.15) is 85.5 Å². The molecule has 3 N–H and O–H groups in total. The molecule has 0 radical (unpaired) electrons. The quantitative estimate of drug-likeness (QED) is 0.104. The summed E-state index contributed by atoms with van der Waals surface area (Å²) in [6, 6.07) is 33.4. The normalized spacial score (nSPS) is 24.2. The maximum atomic E-state index is 16.0. The molecule has 4 atom stereocenters. The molecule has 4 nitrogen and oxygen atoms in total. The second-order valence-corrected chi connectivity index (χ2v) is 16.5. The van der Waals surface area contributed by atoms with Crippen molar-refractivity contribution in [3.05, 3.63) is 131 Å². The van der Waals surface area contributed by atoms with E-state index in [0.29, 0.717) is 42.6 Å². The minimum Gasteiger partial charge on any atom is -0.313 e. The van der Waals surface area contributed by atoms with E-state index in [2.05, 4.69) is 76.4 Å². The van der Waals surface area contributed by atoms with Crippen molar-refractivity contribution in [2.24, 2.45) is 10.8 Å². The van der Waals surface area contributed by atoms with Crippen LogP contribution < -0.4 is 16.0 Å². The van der Waals surface area contributed by atoms with Gasteiger partial charge in [0, 0.05) is 79.9 Å². The topological polar surface area (TPSA) is 39.3 Å². The summed E-state index contributed by atoms with van der Waals surface area (Å²) in [4.78, 5) is 2.28. The molecule has 0 aromatic heterocycles. The first-order valence-electron chi connectivity index (χ1n) is 19.4. The summed E-state index contributed by atoms with van der Waals surface area (Å²) in [7, 11) is 2.11. The summed E-state index contributed by atoms with van der Waals surface area (Å²) in [5.74, 6) is 0.869. The maximum Gasteiger partial charge on any atom is 0.135 e. The SMILES string of the molecule is CN(Cc1ccccc1F)CC1(CN[C@H]2C[C@@H]2c2cccc(-c3cccc(CNCC4(CN[C@H]5C[C@@H]5c5ccccc5)CCC4)c3F)c2)CCC1. The molecule has 0 heterocycles. The number of halogens is 2. The van der Waals surface area contributed by atoms with E-state index in [-0.39, 0.29) is 22.5 Å². The highest BCUT2D eigenvalue weighted by Gasteiger charge is 2.44. The summed E-state index contributed by atoms with van der Waals surface area (Å²) < 4.78 is 30.3. The number of nitrogens with zero attached hydrogens (tertiary/aromatic N) is 1. The average molecular weight is 689 g/mol. The molecule has 0 saturated heterocycles. The molecular weight excluding hydrogens is 635 g/mol. The highest BCUT2D eigenvalue weighted by Crippen LogP contribution is 2.46. The molecule has 0 unspecified atom stereocenters. The van der Waals surface area contributed by atoms with Crippen molar-refractivity contribution in [2.75, 3.05) is 33.2 Å². The molecule has 0 bridgehead atoms. The summed E-state index contributed by atoms with van der Waals surface area (Å²) >= 11 is 0. The van der Waals surface area contributed by atoms with E-state index in [9.17, 15) is 4.39 Å². The van der Waals surface area contributed by atoms with Gasteiger partial charge in [0.25, 0.3) is 0 Å². The molecule has 0 spiro atoms. The van der Waals surface area contributed by atoms with E-state index in [4.69, 9.17) is 0 Å². The van der Waals surface area contributed by atoms with Crippen LogP contribution in [0.5, 0.6) is 0 Å². The van der Waals surface area contributed by atoms with Crippen molar-refractivity contribution in [3.63, 3.8) is 0 Å². The molecular formula is C45H54F2N4. The zero-order valence-corrected chi connectivity index (χ0v) is 30.1. The molecule has 4 saturated carbocycles. The Bertz CT molecular complexity index is 1780. The van der Waals surface area contributed by atoms with Gasteiger partial charge in [-0.1, -0.05) is 104 Å². The van der Waals surface area contributed by atoms with Gasteiger partial charge < -0.3 is 20.9 Å². The van der Waals surface area contributed by atoms with Crippen molar-refractivity contribution >= 4 is 0 Å². The summed E-state index contributed by atoms with van der Waals surface area (Å²) in [6.07, 6.45) is 9.77. The number of rotatable bonds is 17. The van der Waals surface area contributed by atoms with Gasteiger partial charge >= 0.3 is 0 Å². The fourth-order valence-electron chi connectivity index (χ4n) is 9.02. The lowest BCUT2D eigenvalue weighted by atomic mass is 9.68. The number of benzene rings is 4. The second kappa shape index (κ2) is 14.9. The Kier molecular flexibility index (Phi) is 10.1. The van der Waals surface area contributed by atoms with Crippen molar-refractivity contribution in [1.29, 1.82) is 0 Å². The average Bonchev–Trinajstić information content (AvgIpc) is 4.05. The zero-order valence-electron chi connectivity index (χ0n) is 30.1. The third kappa shape index (κ3) is 8.00. The van der Waals surface area contributed by atoms with Gasteiger partial charge in [-0.2, -0.15) is 0 Å². The fraction of sp³-hybridized carbons (Fsp3) is 0.467. The number of hydrogen-bond donors (Lipinski definition) is 3. The molecule has 6 heteroatoms. The van der Waals surface area contributed by atoms with E-state index in [1.807, 2.05) is 36.4 Å². The van der Waals surface area contributed by atoms with Crippen LogP contribution in [0.4, 0.5) is 8.78 Å². The Morgan fingerprint density at radius 3 is 2.00 bits per heavy atom. The van der Waals surface area contributed by atoms with E-state index in [0.717, 1.165) is 49.3 Å². The highest BCUT2D eigenvalue weighted by atomic mass is 19.1. The van der Waals surface area contributed by atoms with E-state index < -0.39 is 0 Å². The molecule has 4 aliphatic rings. The highest BCUT2D eigenvalue weighted by molar-refractivity contribution is 5.66. The van der Waals surface area contributed by atoms with Gasteiger partial charge in [0.05, 0.1) is 0 Å². The van der Waals surface area contributed by atoms with Crippen LogP contribution in [0.3, 0.4) is 0 Å². The van der Waals surface area contributed by atoms with Gasteiger partial charge in [0.15, 0.2) is 0 Å². The van der Waals surface area contributed by atoms with E-state index in [1.54, 1.807) is 12.1 Å². The number of nitrogens with one attached hydrogen (secondary N) is 3. The van der Waals surface area contributed by atoms with Crippen molar-refractivity contribution in [1.82, 2.24) is 20.9 Å². The predicted octanol–water partition coefficient (Wildman–Crippen LogP) is 8.79. The lowest BCUT2D eigenvalue weighted by Gasteiger charge is -2.45. The lowest BCUT2D eigenvalue weighted by Crippen LogP contribution is -2.48. The first-order chi connectivity index (χ1) is 24.9. The van der Waals surface area contributed by atoms with E-state index >= 15 is 4.39 Å². The lowest BCUT2D eigenvalue weighted by molar-refractivity contribution is 0.0736. The van der Waals surface area contributed by atoms with E-state index in [1.165, 1.54) is 56.1 Å². The molecule has 4 aliphatic carbocycles. The minimum absolute atomic E-state index is 0.108. The predicted molar refractivity (Wildman–Crippen MR) is 204 cm³/mol. The van der Waals surface area contributed by atoms with Gasteiger partial charge in [0.2, 0.25) is 0 Å². The van der Waals surface area contributed by atoms with Crippen LogP contribution >= 0.6 is 0 Å². The minimum atomic E-state index is -0.122. The zero-order chi connectivity index (χ0) is 34.8. The molecule has 4 aromatic rings. The summed E-state index contributed by atoms with van der Waals surface area (Å²) in [5, 5.41) is 11.4. The van der Waals surface area contributed by atoms with Gasteiger partial charge in [-0.15, -0.1) is 0 Å². The van der Waals surface area contributed by atoms with Gasteiger partial charge in [-0.05, 0) is 79.2 Å². The van der Waals surface area contributed by atoms with Gasteiger partial charge in [0.1, 0.15) is 11.6 Å². The fourth-order valence-corrected chi connectivity index (χ4v) is 9.02. The molecule has 0 amide bonds. The summed E-state index contributed by atoms with van der Waals surface area (Å²) in [5.41, 5.74) is 6.41. The first kappa shape index (κ1) is 34.7. The Balaban J connectivity index is 0.826. The number of hydrogen-bond acceptors (Lipinski definition) is 4. The molecule has 0 aliphatic heterocycles. The third-order valence-electron chi connectivity index (χ3n) is 12.6. The van der Waals surface area contributed by atoms with Crippen molar-refractivity contribution in [2.45, 2.75) is 88.4 Å². The third-order valence-corrected chi connectivity index (χ3v) is 12.6. The monoisotopic (exact) mass is 688 g/mol. The Morgan fingerprint density at radius 2 is 1.29 bits per heavy atom. The van der Waals surface area contributed by atoms with Crippen LogP contribution in [0.15, 0.2) is 97.1 Å². The van der Waals surface area contributed by atoms with Crippen LogP contribution in [0.2, 0.25) is 0 Å². The Morgan fingerprint density at radius 1 is 0.667 bits per heavy atom. The van der Waals surface area contributed by atoms with Crippen LogP contribution in [-0.2, 0) is 13.1 Å². The smallest absolute Gasteiger partial charge is 0.135 e. The first-order valence-corrected chi connectivity index (χ1v) is 19.4. The largest absolute Gasteiger partial charge is 0.313 e. The summed E-state index contributed by atoms with van der Waals surface area (Å²) in [6.45, 7) is 5.10.